The van der Waals surface area contributed by atoms with Gasteiger partial charge in [0, 0.05) is 30.7 Å². The van der Waals surface area contributed by atoms with Crippen LogP contribution in [0.3, 0.4) is 0 Å². The Morgan fingerprint density at radius 2 is 1.96 bits per heavy atom. The molecule has 0 fully saturated rings. The number of carbonyl (C=O) groups excluding carboxylic acids is 1. The first-order valence-electron chi connectivity index (χ1n) is 8.49. The van der Waals surface area contributed by atoms with Gasteiger partial charge in [-0.2, -0.15) is 0 Å². The smallest absolute Gasteiger partial charge is 0.243 e. The third-order valence-corrected chi connectivity index (χ3v) is 4.26. The van der Waals surface area contributed by atoms with E-state index in [0.717, 1.165) is 22.4 Å². The van der Waals surface area contributed by atoms with Crippen LogP contribution in [0.4, 0.5) is 0 Å². The second-order valence-corrected chi connectivity index (χ2v) is 6.19. The van der Waals surface area contributed by atoms with E-state index in [1.807, 2.05) is 51.1 Å². The molecule has 1 atom stereocenters. The minimum absolute atomic E-state index is 0.0927. The quantitative estimate of drug-likeness (QED) is 0.738. The van der Waals surface area contributed by atoms with E-state index in [-0.39, 0.29) is 11.9 Å². The number of aryl methyl sites for hydroxylation is 2. The van der Waals surface area contributed by atoms with Gasteiger partial charge in [-0.15, -0.1) is 0 Å². The maximum atomic E-state index is 12.4. The van der Waals surface area contributed by atoms with Gasteiger partial charge in [-0.3, -0.25) is 4.79 Å². The van der Waals surface area contributed by atoms with Crippen molar-refractivity contribution in [2.45, 2.75) is 33.4 Å². The number of rotatable bonds is 6. The molecule has 0 aliphatic heterocycles. The van der Waals surface area contributed by atoms with E-state index in [4.69, 9.17) is 4.74 Å². The summed E-state index contributed by atoms with van der Waals surface area (Å²) >= 11 is 0. The Morgan fingerprint density at radius 3 is 2.65 bits per heavy atom. The molecule has 0 spiro atoms. The number of nitrogens with zero attached hydrogens (tertiary/aromatic N) is 3. The molecular formula is C20H22N4O2. The van der Waals surface area contributed by atoms with Crippen molar-refractivity contribution in [1.82, 2.24) is 19.9 Å². The van der Waals surface area contributed by atoms with Crippen LogP contribution in [-0.2, 0) is 11.3 Å². The van der Waals surface area contributed by atoms with Gasteiger partial charge in [0.2, 0.25) is 11.8 Å². The maximum absolute atomic E-state index is 12.4. The predicted molar refractivity (Wildman–Crippen MR) is 99.0 cm³/mol. The summed E-state index contributed by atoms with van der Waals surface area (Å²) in [6.45, 7) is 6.17. The van der Waals surface area contributed by atoms with Crippen molar-refractivity contribution in [2.75, 3.05) is 0 Å². The molecule has 0 saturated heterocycles. The number of ether oxygens (including phenoxy) is 1. The molecular weight excluding hydrogens is 328 g/mol. The van der Waals surface area contributed by atoms with Crippen molar-refractivity contribution in [3.63, 3.8) is 0 Å². The summed E-state index contributed by atoms with van der Waals surface area (Å²) in [5.74, 6) is 1.20. The first-order chi connectivity index (χ1) is 12.6. The average Bonchev–Trinajstić information content (AvgIpc) is 3.17. The van der Waals surface area contributed by atoms with Crippen molar-refractivity contribution >= 4 is 5.91 Å². The van der Waals surface area contributed by atoms with E-state index in [1.54, 1.807) is 29.5 Å². The lowest BCUT2D eigenvalue weighted by molar-refractivity contribution is -0.124. The Bertz CT molecular complexity index is 870. The summed E-state index contributed by atoms with van der Waals surface area (Å²) in [4.78, 5) is 20.7. The van der Waals surface area contributed by atoms with Gasteiger partial charge in [-0.25, -0.2) is 9.97 Å². The first-order valence-corrected chi connectivity index (χ1v) is 8.49. The lowest BCUT2D eigenvalue weighted by Gasteiger charge is -2.16. The zero-order valence-corrected chi connectivity index (χ0v) is 15.1. The van der Waals surface area contributed by atoms with E-state index in [9.17, 15) is 4.79 Å². The third kappa shape index (κ3) is 3.91. The van der Waals surface area contributed by atoms with Crippen molar-refractivity contribution in [3.8, 4) is 11.6 Å². The molecule has 6 heteroatoms. The second-order valence-electron chi connectivity index (χ2n) is 6.19. The lowest BCUT2D eigenvalue weighted by Crippen LogP contribution is -2.30. The molecule has 1 aromatic carbocycles. The molecule has 3 rings (SSSR count). The molecule has 2 aromatic heterocycles. The van der Waals surface area contributed by atoms with E-state index in [1.165, 1.54) is 0 Å². The molecule has 0 aliphatic carbocycles. The number of para-hydroxylation sites is 1. The van der Waals surface area contributed by atoms with Gasteiger partial charge in [-0.05, 0) is 38.0 Å². The normalized spacial score (nSPS) is 11.8. The Labute approximate surface area is 152 Å². The Kier molecular flexibility index (Phi) is 5.31. The molecule has 6 nitrogen and oxygen atoms in total. The van der Waals surface area contributed by atoms with E-state index in [2.05, 4.69) is 15.3 Å². The van der Waals surface area contributed by atoms with Crippen LogP contribution in [0.5, 0.6) is 11.6 Å². The van der Waals surface area contributed by atoms with E-state index < -0.39 is 0 Å². The first kappa shape index (κ1) is 17.7. The number of hydrogen-bond acceptors (Lipinski definition) is 4. The minimum atomic E-state index is -0.336. The largest absolute Gasteiger partial charge is 0.438 e. The lowest BCUT2D eigenvalue weighted by atomic mass is 10.1. The van der Waals surface area contributed by atoms with Gasteiger partial charge in [0.05, 0.1) is 6.33 Å². The highest BCUT2D eigenvalue weighted by atomic mass is 16.5. The van der Waals surface area contributed by atoms with E-state index in [0.29, 0.717) is 12.4 Å². The maximum Gasteiger partial charge on any atom is 0.243 e. The molecule has 0 bridgehead atoms. The molecule has 26 heavy (non-hydrogen) atoms. The van der Waals surface area contributed by atoms with Crippen LogP contribution in [-0.4, -0.2) is 20.4 Å². The number of hydrogen-bond donors (Lipinski definition) is 1. The standard InChI is InChI=1S/C20H22N4O2/c1-14-6-4-7-15(2)18(14)26-20-17(8-5-9-22-20)12-23-19(25)16(3)24-11-10-21-13-24/h4-11,13,16H,12H2,1-3H3,(H,23,25)/t16-/m0/s1. The summed E-state index contributed by atoms with van der Waals surface area (Å²) in [5, 5.41) is 2.93. The fourth-order valence-corrected chi connectivity index (χ4v) is 2.67. The van der Waals surface area contributed by atoms with E-state index >= 15 is 0 Å². The second kappa shape index (κ2) is 7.82. The third-order valence-electron chi connectivity index (χ3n) is 4.26. The molecule has 0 radical (unpaired) electrons. The minimum Gasteiger partial charge on any atom is -0.438 e. The van der Waals surface area contributed by atoms with Gasteiger partial charge in [0.1, 0.15) is 11.8 Å². The fraction of sp³-hybridized carbons (Fsp3) is 0.250. The number of carbonyl (C=O) groups is 1. The van der Waals surface area contributed by atoms with Crippen LogP contribution in [0, 0.1) is 13.8 Å². The van der Waals surface area contributed by atoms with Gasteiger partial charge >= 0.3 is 0 Å². The molecule has 0 saturated carbocycles. The van der Waals surface area contributed by atoms with Crippen LogP contribution < -0.4 is 10.1 Å². The molecule has 1 amide bonds. The van der Waals surface area contributed by atoms with Gasteiger partial charge in [-0.1, -0.05) is 24.3 Å². The summed E-state index contributed by atoms with van der Waals surface area (Å²) in [6, 6.07) is 9.39. The SMILES string of the molecule is Cc1cccc(C)c1Oc1ncccc1CNC(=O)[C@H](C)n1ccnc1. The molecule has 1 N–H and O–H groups in total. The summed E-state index contributed by atoms with van der Waals surface area (Å²) < 4.78 is 7.82. The molecule has 0 unspecified atom stereocenters. The van der Waals surface area contributed by atoms with Crippen LogP contribution in [0.2, 0.25) is 0 Å². The number of pyridine rings is 1. The molecule has 3 aromatic rings. The van der Waals surface area contributed by atoms with Crippen LogP contribution in [0.1, 0.15) is 29.7 Å². The van der Waals surface area contributed by atoms with Gasteiger partial charge in [0.25, 0.3) is 0 Å². The molecule has 2 heterocycles. The zero-order valence-electron chi connectivity index (χ0n) is 15.1. The summed E-state index contributed by atoms with van der Waals surface area (Å²) in [6.07, 6.45) is 6.73. The summed E-state index contributed by atoms with van der Waals surface area (Å²) in [7, 11) is 0. The Balaban J connectivity index is 1.72. The van der Waals surface area contributed by atoms with Gasteiger partial charge < -0.3 is 14.6 Å². The highest BCUT2D eigenvalue weighted by molar-refractivity contribution is 5.79. The summed E-state index contributed by atoms with van der Waals surface area (Å²) in [5.41, 5.74) is 2.90. The van der Waals surface area contributed by atoms with Crippen LogP contribution in [0.15, 0.2) is 55.2 Å². The van der Waals surface area contributed by atoms with Crippen LogP contribution >= 0.6 is 0 Å². The number of imidazole rings is 1. The van der Waals surface area contributed by atoms with Gasteiger partial charge in [0.15, 0.2) is 0 Å². The molecule has 134 valence electrons. The van der Waals surface area contributed by atoms with Crippen molar-refractivity contribution in [3.05, 3.63) is 71.9 Å². The Hall–Kier alpha value is -3.15. The Morgan fingerprint density at radius 1 is 1.19 bits per heavy atom. The number of benzene rings is 1. The highest BCUT2D eigenvalue weighted by Crippen LogP contribution is 2.29. The number of nitrogens with one attached hydrogen (secondary N) is 1. The van der Waals surface area contributed by atoms with Crippen molar-refractivity contribution in [2.24, 2.45) is 0 Å². The topological polar surface area (TPSA) is 69.0 Å². The van der Waals surface area contributed by atoms with Crippen molar-refractivity contribution < 1.29 is 9.53 Å². The monoisotopic (exact) mass is 350 g/mol. The molecule has 0 aliphatic rings. The number of amides is 1. The van der Waals surface area contributed by atoms with Crippen molar-refractivity contribution in [1.29, 1.82) is 0 Å². The predicted octanol–water partition coefficient (Wildman–Crippen LogP) is 3.56. The highest BCUT2D eigenvalue weighted by Gasteiger charge is 2.15. The van der Waals surface area contributed by atoms with Crippen LogP contribution in [0.25, 0.3) is 0 Å². The fourth-order valence-electron chi connectivity index (χ4n) is 2.67. The number of aromatic nitrogens is 3. The zero-order chi connectivity index (χ0) is 18.5. The average molecular weight is 350 g/mol.